The number of carbonyl (C=O) groups is 2. The van der Waals surface area contributed by atoms with Crippen LogP contribution in [-0.4, -0.2) is 24.0 Å². The summed E-state index contributed by atoms with van der Waals surface area (Å²) in [4.78, 5) is 21.9. The first-order valence-electron chi connectivity index (χ1n) is 4.55. The maximum atomic E-state index is 11.3. The largest absolute Gasteiger partial charge is 0.496 e. The summed E-state index contributed by atoms with van der Waals surface area (Å²) < 4.78 is 5.65. The zero-order valence-electron chi connectivity index (χ0n) is 8.91. The van der Waals surface area contributed by atoms with Gasteiger partial charge in [-0.05, 0) is 24.6 Å². The van der Waals surface area contributed by atoms with Gasteiger partial charge in [0.15, 0.2) is 5.78 Å². The normalized spacial score (nSPS) is 9.94. The van der Waals surface area contributed by atoms with Crippen LogP contribution >= 0.6 is 15.9 Å². The summed E-state index contributed by atoms with van der Waals surface area (Å²) >= 11 is 3.24. The molecule has 0 amide bonds. The summed E-state index contributed by atoms with van der Waals surface area (Å²) in [6.45, 7) is 1.43. The van der Waals surface area contributed by atoms with Gasteiger partial charge in [0, 0.05) is 4.47 Å². The predicted octanol–water partition coefficient (Wildman–Crippen LogP) is 2.29. The van der Waals surface area contributed by atoms with E-state index in [0.29, 0.717) is 21.3 Å². The number of halogens is 1. The molecule has 0 radical (unpaired) electrons. The maximum absolute atomic E-state index is 11.3. The van der Waals surface area contributed by atoms with Gasteiger partial charge < -0.3 is 9.84 Å². The van der Waals surface area contributed by atoms with Crippen LogP contribution in [0.2, 0.25) is 0 Å². The molecule has 16 heavy (non-hydrogen) atoms. The Balaban J connectivity index is 3.25. The minimum atomic E-state index is -0.932. The zero-order valence-corrected chi connectivity index (χ0v) is 10.5. The standard InChI is InChI=1S/C11H11BrO4/c1-6(13)8-5-9(12)7(4-11(14)15)3-10(8)16-2/h3,5H,4H2,1-2H3,(H,14,15). The SMILES string of the molecule is COc1cc(CC(=O)O)c(Br)cc1C(C)=O. The third kappa shape index (κ3) is 2.82. The number of benzene rings is 1. The van der Waals surface area contributed by atoms with Crippen molar-refractivity contribution in [3.05, 3.63) is 27.7 Å². The van der Waals surface area contributed by atoms with E-state index in [9.17, 15) is 9.59 Å². The number of Topliss-reactive ketones (excluding diaryl/α,β-unsaturated/α-hetero) is 1. The van der Waals surface area contributed by atoms with Crippen LogP contribution in [-0.2, 0) is 11.2 Å². The fourth-order valence-electron chi connectivity index (χ4n) is 1.34. The van der Waals surface area contributed by atoms with E-state index >= 15 is 0 Å². The van der Waals surface area contributed by atoms with E-state index < -0.39 is 5.97 Å². The highest BCUT2D eigenvalue weighted by molar-refractivity contribution is 9.10. The van der Waals surface area contributed by atoms with Crippen molar-refractivity contribution in [1.29, 1.82) is 0 Å². The zero-order chi connectivity index (χ0) is 12.3. The minimum absolute atomic E-state index is 0.116. The summed E-state index contributed by atoms with van der Waals surface area (Å²) in [5, 5.41) is 8.70. The number of carboxylic acid groups (broad SMARTS) is 1. The number of hydrogen-bond donors (Lipinski definition) is 1. The van der Waals surface area contributed by atoms with Crippen LogP contribution in [0, 0.1) is 0 Å². The molecule has 0 unspecified atom stereocenters. The van der Waals surface area contributed by atoms with E-state index in [-0.39, 0.29) is 12.2 Å². The molecule has 1 aromatic carbocycles. The Kier molecular flexibility index (Phi) is 4.06. The molecule has 86 valence electrons. The minimum Gasteiger partial charge on any atom is -0.496 e. The number of ether oxygens (including phenoxy) is 1. The van der Waals surface area contributed by atoms with Crippen LogP contribution in [0.15, 0.2) is 16.6 Å². The Bertz CT molecular complexity index is 440. The van der Waals surface area contributed by atoms with Gasteiger partial charge in [-0.25, -0.2) is 0 Å². The average Bonchev–Trinajstić information content (AvgIpc) is 2.19. The molecule has 0 bridgehead atoms. The number of carboxylic acids is 1. The molecule has 0 saturated carbocycles. The lowest BCUT2D eigenvalue weighted by molar-refractivity contribution is -0.136. The third-order valence-electron chi connectivity index (χ3n) is 2.09. The Morgan fingerprint density at radius 3 is 2.50 bits per heavy atom. The quantitative estimate of drug-likeness (QED) is 0.863. The smallest absolute Gasteiger partial charge is 0.307 e. The van der Waals surface area contributed by atoms with Crippen molar-refractivity contribution >= 4 is 27.7 Å². The second-order valence-electron chi connectivity index (χ2n) is 3.27. The number of ketones is 1. The van der Waals surface area contributed by atoms with Crippen LogP contribution in [0.4, 0.5) is 0 Å². The van der Waals surface area contributed by atoms with E-state index in [4.69, 9.17) is 9.84 Å². The van der Waals surface area contributed by atoms with Gasteiger partial charge in [0.05, 0.1) is 19.1 Å². The van der Waals surface area contributed by atoms with E-state index in [1.807, 2.05) is 0 Å². The van der Waals surface area contributed by atoms with E-state index in [1.54, 1.807) is 12.1 Å². The Morgan fingerprint density at radius 1 is 1.44 bits per heavy atom. The molecular formula is C11H11BrO4. The predicted molar refractivity (Wildman–Crippen MR) is 62.0 cm³/mol. The molecule has 0 aliphatic heterocycles. The van der Waals surface area contributed by atoms with E-state index in [0.717, 1.165) is 0 Å². The van der Waals surface area contributed by atoms with Gasteiger partial charge in [-0.15, -0.1) is 0 Å². The van der Waals surface area contributed by atoms with Crippen LogP contribution in [0.25, 0.3) is 0 Å². The molecule has 1 rings (SSSR count). The summed E-state index contributed by atoms with van der Waals surface area (Å²) in [6, 6.07) is 3.15. The lowest BCUT2D eigenvalue weighted by Gasteiger charge is -2.09. The van der Waals surface area contributed by atoms with Crippen molar-refractivity contribution in [2.24, 2.45) is 0 Å². The second-order valence-corrected chi connectivity index (χ2v) is 4.12. The number of carbonyl (C=O) groups excluding carboxylic acids is 1. The van der Waals surface area contributed by atoms with Gasteiger partial charge in [-0.3, -0.25) is 9.59 Å². The molecule has 0 fully saturated rings. The Labute approximate surface area is 101 Å². The van der Waals surface area contributed by atoms with Gasteiger partial charge in [-0.1, -0.05) is 15.9 Å². The lowest BCUT2D eigenvalue weighted by atomic mass is 10.1. The number of rotatable bonds is 4. The average molecular weight is 287 g/mol. The van der Waals surface area contributed by atoms with Crippen LogP contribution in [0.1, 0.15) is 22.8 Å². The fraction of sp³-hybridized carbons (Fsp3) is 0.273. The fourth-order valence-corrected chi connectivity index (χ4v) is 1.82. The Morgan fingerprint density at radius 2 is 2.06 bits per heavy atom. The molecule has 0 aromatic heterocycles. The van der Waals surface area contributed by atoms with Gasteiger partial charge in [-0.2, -0.15) is 0 Å². The number of methoxy groups -OCH3 is 1. The van der Waals surface area contributed by atoms with Crippen LogP contribution in [0.5, 0.6) is 5.75 Å². The van der Waals surface area contributed by atoms with E-state index in [2.05, 4.69) is 15.9 Å². The molecule has 0 atom stereocenters. The lowest BCUT2D eigenvalue weighted by Crippen LogP contribution is -2.04. The first-order valence-corrected chi connectivity index (χ1v) is 5.34. The van der Waals surface area contributed by atoms with Gasteiger partial charge >= 0.3 is 5.97 Å². The summed E-state index contributed by atoms with van der Waals surface area (Å²) in [5.74, 6) is -0.662. The molecule has 0 aliphatic rings. The summed E-state index contributed by atoms with van der Waals surface area (Å²) in [7, 11) is 1.44. The van der Waals surface area contributed by atoms with Crippen molar-refractivity contribution in [1.82, 2.24) is 0 Å². The molecule has 1 N–H and O–H groups in total. The first kappa shape index (κ1) is 12.7. The summed E-state index contributed by atoms with van der Waals surface area (Å²) in [6.07, 6.45) is -0.116. The summed E-state index contributed by atoms with van der Waals surface area (Å²) in [5.41, 5.74) is 1.01. The Hall–Kier alpha value is -1.36. The molecule has 0 saturated heterocycles. The monoisotopic (exact) mass is 286 g/mol. The highest BCUT2D eigenvalue weighted by atomic mass is 79.9. The first-order chi connectivity index (χ1) is 7.45. The van der Waals surface area contributed by atoms with Crippen molar-refractivity contribution in [2.75, 3.05) is 7.11 Å². The highest BCUT2D eigenvalue weighted by Gasteiger charge is 2.13. The molecule has 1 aromatic rings. The van der Waals surface area contributed by atoms with Crippen LogP contribution < -0.4 is 4.74 Å². The molecule has 0 aliphatic carbocycles. The third-order valence-corrected chi connectivity index (χ3v) is 2.83. The van der Waals surface area contributed by atoms with Crippen molar-refractivity contribution in [2.45, 2.75) is 13.3 Å². The maximum Gasteiger partial charge on any atom is 0.307 e. The molecule has 0 spiro atoms. The molecule has 5 heteroatoms. The molecule has 4 nitrogen and oxygen atoms in total. The van der Waals surface area contributed by atoms with Crippen LogP contribution in [0.3, 0.4) is 0 Å². The number of hydrogen-bond acceptors (Lipinski definition) is 3. The van der Waals surface area contributed by atoms with E-state index in [1.165, 1.54) is 14.0 Å². The van der Waals surface area contributed by atoms with Gasteiger partial charge in [0.1, 0.15) is 5.75 Å². The van der Waals surface area contributed by atoms with Crippen molar-refractivity contribution in [3.8, 4) is 5.75 Å². The van der Waals surface area contributed by atoms with Gasteiger partial charge in [0.25, 0.3) is 0 Å². The topological polar surface area (TPSA) is 63.6 Å². The highest BCUT2D eigenvalue weighted by Crippen LogP contribution is 2.28. The van der Waals surface area contributed by atoms with Crippen molar-refractivity contribution in [3.63, 3.8) is 0 Å². The molecule has 0 heterocycles. The van der Waals surface area contributed by atoms with Gasteiger partial charge in [0.2, 0.25) is 0 Å². The second kappa shape index (κ2) is 5.12. The molecular weight excluding hydrogens is 276 g/mol. The van der Waals surface area contributed by atoms with Crippen molar-refractivity contribution < 1.29 is 19.4 Å². The number of aliphatic carboxylic acids is 1.